The largest absolute Gasteiger partial charge is 0.398 e. The van der Waals surface area contributed by atoms with Gasteiger partial charge in [0.25, 0.3) is 0 Å². The number of nitrogens with one attached hydrogen (secondary N) is 1. The van der Waals surface area contributed by atoms with Crippen LogP contribution in [0.3, 0.4) is 0 Å². The van der Waals surface area contributed by atoms with Crippen LogP contribution in [0, 0.1) is 0 Å². The van der Waals surface area contributed by atoms with Crippen molar-refractivity contribution in [3.8, 4) is 0 Å². The lowest BCUT2D eigenvalue weighted by atomic mass is 9.94. The maximum absolute atomic E-state index is 13.0. The molecule has 8 heteroatoms. The molecule has 1 fully saturated rings. The van der Waals surface area contributed by atoms with Gasteiger partial charge in [0.1, 0.15) is 5.82 Å². The van der Waals surface area contributed by atoms with E-state index in [9.17, 15) is 13.2 Å². The number of nitrogens with two attached hydrogens (primary N) is 1. The molecule has 0 spiro atoms. The van der Waals surface area contributed by atoms with E-state index in [-0.39, 0.29) is 12.8 Å². The summed E-state index contributed by atoms with van der Waals surface area (Å²) in [5, 5.41) is 6.21. The number of anilines is 2. The van der Waals surface area contributed by atoms with Gasteiger partial charge in [-0.05, 0) is 24.0 Å². The van der Waals surface area contributed by atoms with Crippen molar-refractivity contribution < 1.29 is 13.2 Å². The van der Waals surface area contributed by atoms with E-state index in [1.807, 2.05) is 0 Å². The molecule has 1 saturated carbocycles. The van der Waals surface area contributed by atoms with Crippen molar-refractivity contribution in [2.45, 2.75) is 24.4 Å². The topological polar surface area (TPSA) is 63.3 Å². The van der Waals surface area contributed by atoms with Gasteiger partial charge >= 0.3 is 6.18 Å². The minimum atomic E-state index is -4.19. The first-order valence-electron chi connectivity index (χ1n) is 6.58. The van der Waals surface area contributed by atoms with Gasteiger partial charge in [-0.25, -0.2) is 4.98 Å². The molecule has 0 amide bonds. The zero-order valence-corrected chi connectivity index (χ0v) is 12.2. The number of nitrogen functional groups attached to an aromatic ring is 1. The van der Waals surface area contributed by atoms with E-state index in [0.29, 0.717) is 22.1 Å². The first kappa shape index (κ1) is 14.8. The normalized spacial score (nSPS) is 16.9. The number of hydrazone groups is 1. The third-order valence-corrected chi connectivity index (χ3v) is 4.42. The van der Waals surface area contributed by atoms with Gasteiger partial charge in [0.2, 0.25) is 5.13 Å². The molecule has 0 aliphatic heterocycles. The first-order chi connectivity index (χ1) is 10.4. The highest BCUT2D eigenvalue weighted by Gasteiger charge is 2.64. The van der Waals surface area contributed by atoms with Gasteiger partial charge in [-0.15, -0.1) is 11.3 Å². The Labute approximate surface area is 128 Å². The molecule has 1 heterocycles. The van der Waals surface area contributed by atoms with Gasteiger partial charge < -0.3 is 5.73 Å². The molecule has 1 aromatic carbocycles. The van der Waals surface area contributed by atoms with E-state index in [0.717, 1.165) is 0 Å². The Morgan fingerprint density at radius 1 is 1.27 bits per heavy atom. The molecule has 0 unspecified atom stereocenters. The highest BCUT2D eigenvalue weighted by Crippen LogP contribution is 2.58. The van der Waals surface area contributed by atoms with Crippen LogP contribution in [0.15, 0.2) is 34.7 Å². The van der Waals surface area contributed by atoms with Crippen molar-refractivity contribution in [1.29, 1.82) is 0 Å². The molecule has 3 rings (SSSR count). The maximum atomic E-state index is 13.0. The second kappa shape index (κ2) is 5.28. The predicted molar refractivity (Wildman–Crippen MR) is 81.2 cm³/mol. The monoisotopic (exact) mass is 326 g/mol. The molecular formula is C14H13F3N4S. The maximum Gasteiger partial charge on any atom is 0.398 e. The lowest BCUT2D eigenvalue weighted by Crippen LogP contribution is -2.28. The lowest BCUT2D eigenvalue weighted by molar-refractivity contribution is -0.160. The molecule has 4 nitrogen and oxygen atoms in total. The summed E-state index contributed by atoms with van der Waals surface area (Å²) in [6.07, 6.45) is -2.34. The van der Waals surface area contributed by atoms with E-state index >= 15 is 0 Å². The fraction of sp³-hybridized carbons (Fsp3) is 0.286. The summed E-state index contributed by atoms with van der Waals surface area (Å²) in [4.78, 5) is 3.97. The van der Waals surface area contributed by atoms with Crippen LogP contribution in [0.25, 0.3) is 0 Å². The highest BCUT2D eigenvalue weighted by atomic mass is 32.1. The van der Waals surface area contributed by atoms with Crippen molar-refractivity contribution in [2.75, 3.05) is 11.2 Å². The third kappa shape index (κ3) is 2.78. The fourth-order valence-electron chi connectivity index (χ4n) is 2.25. The van der Waals surface area contributed by atoms with Crippen LogP contribution in [-0.2, 0) is 5.41 Å². The molecule has 22 heavy (non-hydrogen) atoms. The molecule has 1 aliphatic rings. The SMILES string of the molecule is Nc1csc(NN=Cc2ccc(C3(C(F)(F)F)CC3)cc2)n1. The zero-order chi connectivity index (χ0) is 15.8. The zero-order valence-electron chi connectivity index (χ0n) is 11.4. The minimum absolute atomic E-state index is 0.164. The van der Waals surface area contributed by atoms with Gasteiger partial charge in [0.05, 0.1) is 11.6 Å². The number of rotatable bonds is 4. The Balaban J connectivity index is 1.67. The Morgan fingerprint density at radius 3 is 2.45 bits per heavy atom. The lowest BCUT2D eigenvalue weighted by Gasteiger charge is -2.19. The van der Waals surface area contributed by atoms with Crippen LogP contribution >= 0.6 is 11.3 Å². The number of thiazole rings is 1. The minimum Gasteiger partial charge on any atom is -0.383 e. The van der Waals surface area contributed by atoms with E-state index in [4.69, 9.17) is 5.73 Å². The van der Waals surface area contributed by atoms with E-state index in [2.05, 4.69) is 15.5 Å². The van der Waals surface area contributed by atoms with Gasteiger partial charge in [-0.2, -0.15) is 18.3 Å². The molecule has 1 aliphatic carbocycles. The van der Waals surface area contributed by atoms with Crippen LogP contribution in [0.1, 0.15) is 24.0 Å². The molecule has 0 bridgehead atoms. The molecule has 1 aromatic heterocycles. The summed E-state index contributed by atoms with van der Waals surface area (Å²) in [5.41, 5.74) is 7.57. The van der Waals surface area contributed by atoms with Crippen LogP contribution in [0.2, 0.25) is 0 Å². The average molecular weight is 326 g/mol. The van der Waals surface area contributed by atoms with Crippen molar-refractivity contribution in [1.82, 2.24) is 4.98 Å². The predicted octanol–water partition coefficient (Wildman–Crippen LogP) is 3.77. The first-order valence-corrected chi connectivity index (χ1v) is 7.46. The van der Waals surface area contributed by atoms with Gasteiger partial charge in [0.15, 0.2) is 0 Å². The van der Waals surface area contributed by atoms with Gasteiger partial charge in [0, 0.05) is 5.38 Å². The molecule has 0 atom stereocenters. The summed E-state index contributed by atoms with van der Waals surface area (Å²) in [7, 11) is 0. The summed E-state index contributed by atoms with van der Waals surface area (Å²) in [6.45, 7) is 0. The van der Waals surface area contributed by atoms with E-state index in [1.54, 1.807) is 17.5 Å². The fourth-order valence-corrected chi connectivity index (χ4v) is 2.80. The van der Waals surface area contributed by atoms with E-state index in [1.165, 1.54) is 29.7 Å². The summed E-state index contributed by atoms with van der Waals surface area (Å²) < 4.78 is 39.1. The van der Waals surface area contributed by atoms with Crippen LogP contribution < -0.4 is 11.2 Å². The molecule has 3 N–H and O–H groups in total. The third-order valence-electron chi connectivity index (χ3n) is 3.65. The smallest absolute Gasteiger partial charge is 0.383 e. The summed E-state index contributed by atoms with van der Waals surface area (Å²) >= 11 is 1.32. The number of benzene rings is 1. The number of nitrogens with zero attached hydrogens (tertiary/aromatic N) is 2. The Morgan fingerprint density at radius 2 is 1.95 bits per heavy atom. The molecular weight excluding hydrogens is 313 g/mol. The average Bonchev–Trinajstić information content (AvgIpc) is 3.18. The Bertz CT molecular complexity index is 687. The Hall–Kier alpha value is -2.09. The summed E-state index contributed by atoms with van der Waals surface area (Å²) in [5.74, 6) is 0.411. The number of hydrogen-bond donors (Lipinski definition) is 2. The highest BCUT2D eigenvalue weighted by molar-refractivity contribution is 7.14. The second-order valence-corrected chi connectivity index (χ2v) is 6.01. The standard InChI is InChI=1S/C14H13F3N4S/c15-14(16,17)13(5-6-13)10-3-1-9(2-4-10)7-19-21-12-20-11(18)8-22-12/h1-4,7-8H,5-6,18H2,(H,20,21). The van der Waals surface area contributed by atoms with Crippen molar-refractivity contribution >= 4 is 28.5 Å². The number of aromatic nitrogens is 1. The number of alkyl halides is 3. The number of hydrogen-bond acceptors (Lipinski definition) is 5. The van der Waals surface area contributed by atoms with Crippen molar-refractivity contribution in [3.05, 3.63) is 40.8 Å². The number of halogens is 3. The van der Waals surface area contributed by atoms with Crippen LogP contribution in [-0.4, -0.2) is 17.4 Å². The second-order valence-electron chi connectivity index (χ2n) is 5.15. The van der Waals surface area contributed by atoms with Crippen LogP contribution in [0.5, 0.6) is 0 Å². The van der Waals surface area contributed by atoms with Crippen LogP contribution in [0.4, 0.5) is 24.1 Å². The molecule has 116 valence electrons. The Kier molecular flexibility index (Phi) is 3.56. The van der Waals surface area contributed by atoms with Gasteiger partial charge in [-0.3, -0.25) is 5.43 Å². The van der Waals surface area contributed by atoms with Gasteiger partial charge in [-0.1, -0.05) is 24.3 Å². The molecule has 2 aromatic rings. The van der Waals surface area contributed by atoms with Crippen molar-refractivity contribution in [3.63, 3.8) is 0 Å². The molecule has 0 radical (unpaired) electrons. The quantitative estimate of drug-likeness (QED) is 0.664. The van der Waals surface area contributed by atoms with Crippen molar-refractivity contribution in [2.24, 2.45) is 5.10 Å². The summed E-state index contributed by atoms with van der Waals surface area (Å²) in [6, 6.07) is 6.29. The molecule has 0 saturated heterocycles. The van der Waals surface area contributed by atoms with E-state index < -0.39 is 11.6 Å².